The summed E-state index contributed by atoms with van der Waals surface area (Å²) in [5.74, 6) is -0.0544. The minimum atomic E-state index is -0.846. The summed E-state index contributed by atoms with van der Waals surface area (Å²) in [4.78, 5) is 24.6. The van der Waals surface area contributed by atoms with Crippen LogP contribution in [-0.4, -0.2) is 47.4 Å². The Balaban J connectivity index is 3.40. The van der Waals surface area contributed by atoms with Gasteiger partial charge >= 0.3 is 5.97 Å². The highest BCUT2D eigenvalue weighted by atomic mass is 16.5. The number of aliphatic hydroxyl groups is 2. The van der Waals surface area contributed by atoms with Crippen molar-refractivity contribution in [2.75, 3.05) is 13.2 Å². The van der Waals surface area contributed by atoms with Gasteiger partial charge in [0.05, 0.1) is 25.4 Å². The Labute approximate surface area is 481 Å². The second kappa shape index (κ2) is 66.6. The average molecular weight is 1080 g/mol. The van der Waals surface area contributed by atoms with E-state index < -0.39 is 12.1 Å². The Kier molecular flexibility index (Phi) is 64.9. The quantitative estimate of drug-likeness (QED) is 0.0320. The topological polar surface area (TPSA) is 95.9 Å². The Bertz CT molecular complexity index is 1250. The number of esters is 1. The molecule has 0 aromatic rings. The Morgan fingerprint density at radius 2 is 0.649 bits per heavy atom. The summed E-state index contributed by atoms with van der Waals surface area (Å²) in [5.41, 5.74) is 0. The molecule has 6 heteroatoms. The van der Waals surface area contributed by atoms with Crippen molar-refractivity contribution in [3.63, 3.8) is 0 Å². The van der Waals surface area contributed by atoms with E-state index >= 15 is 0 Å². The van der Waals surface area contributed by atoms with Crippen LogP contribution in [0.15, 0.2) is 36.5 Å². The van der Waals surface area contributed by atoms with Gasteiger partial charge in [-0.05, 0) is 64.2 Å². The molecule has 2 unspecified atom stereocenters. The molecule has 2 atom stereocenters. The van der Waals surface area contributed by atoms with E-state index in [1.807, 2.05) is 6.08 Å². The normalized spacial score (nSPS) is 12.7. The summed E-state index contributed by atoms with van der Waals surface area (Å²) >= 11 is 0. The molecule has 0 radical (unpaired) electrons. The number of amides is 1. The van der Waals surface area contributed by atoms with Gasteiger partial charge in [-0.25, -0.2) is 0 Å². The fraction of sp³-hybridized carbons (Fsp3) is 0.887. The van der Waals surface area contributed by atoms with Crippen LogP contribution >= 0.6 is 0 Å². The van der Waals surface area contributed by atoms with Crippen molar-refractivity contribution < 1.29 is 24.5 Å². The first-order chi connectivity index (χ1) is 38.0. The van der Waals surface area contributed by atoms with Crippen LogP contribution in [0.3, 0.4) is 0 Å². The van der Waals surface area contributed by atoms with Gasteiger partial charge in [0.15, 0.2) is 0 Å². The molecule has 3 N–H and O–H groups in total. The molecule has 0 aliphatic heterocycles. The van der Waals surface area contributed by atoms with E-state index in [4.69, 9.17) is 4.74 Å². The molecule has 0 fully saturated rings. The van der Waals surface area contributed by atoms with Crippen LogP contribution in [0.2, 0.25) is 0 Å². The second-order valence-corrected chi connectivity index (χ2v) is 23.9. The molecule has 6 nitrogen and oxygen atoms in total. The number of hydrogen-bond donors (Lipinski definition) is 3. The van der Waals surface area contributed by atoms with E-state index in [0.29, 0.717) is 19.4 Å². The highest BCUT2D eigenvalue weighted by Gasteiger charge is 2.18. The Hall–Kier alpha value is -1.92. The number of nitrogens with one attached hydrogen (secondary N) is 1. The first kappa shape index (κ1) is 75.1. The zero-order valence-electron chi connectivity index (χ0n) is 52.0. The van der Waals surface area contributed by atoms with E-state index in [9.17, 15) is 19.8 Å². The molecule has 0 aliphatic rings. The van der Waals surface area contributed by atoms with Crippen molar-refractivity contribution in [2.45, 2.75) is 392 Å². The van der Waals surface area contributed by atoms with Gasteiger partial charge in [0, 0.05) is 12.8 Å². The number of hydrogen-bond acceptors (Lipinski definition) is 5. The zero-order chi connectivity index (χ0) is 55.7. The van der Waals surface area contributed by atoms with E-state index in [1.54, 1.807) is 6.08 Å². The van der Waals surface area contributed by atoms with Gasteiger partial charge in [-0.2, -0.15) is 0 Å². The lowest BCUT2D eigenvalue weighted by Gasteiger charge is -2.20. The zero-order valence-corrected chi connectivity index (χ0v) is 52.0. The maximum Gasteiger partial charge on any atom is 0.305 e. The van der Waals surface area contributed by atoms with Crippen LogP contribution < -0.4 is 5.32 Å². The van der Waals surface area contributed by atoms with E-state index in [-0.39, 0.29) is 18.5 Å². The van der Waals surface area contributed by atoms with Crippen molar-refractivity contribution in [1.82, 2.24) is 5.32 Å². The summed E-state index contributed by atoms with van der Waals surface area (Å²) in [6, 6.07) is -0.630. The second-order valence-electron chi connectivity index (χ2n) is 23.9. The number of carbonyl (C=O) groups is 2. The first-order valence-electron chi connectivity index (χ1n) is 34.8. The number of unbranched alkanes of at least 4 members (excludes halogenated alkanes) is 50. The summed E-state index contributed by atoms with van der Waals surface area (Å²) in [7, 11) is 0. The predicted octanol–water partition coefficient (Wildman–Crippen LogP) is 22.3. The van der Waals surface area contributed by atoms with Crippen molar-refractivity contribution in [3.05, 3.63) is 36.5 Å². The maximum atomic E-state index is 12.5. The van der Waals surface area contributed by atoms with Crippen molar-refractivity contribution in [2.24, 2.45) is 0 Å². The molecule has 0 heterocycles. The molecule has 0 aliphatic carbocycles. The van der Waals surface area contributed by atoms with E-state index in [0.717, 1.165) is 44.9 Å². The van der Waals surface area contributed by atoms with Crippen LogP contribution in [0.4, 0.5) is 0 Å². The van der Waals surface area contributed by atoms with Crippen molar-refractivity contribution in [1.29, 1.82) is 0 Å². The fourth-order valence-corrected chi connectivity index (χ4v) is 10.8. The van der Waals surface area contributed by atoms with Crippen molar-refractivity contribution in [3.8, 4) is 0 Å². The van der Waals surface area contributed by atoms with Gasteiger partial charge in [0.1, 0.15) is 0 Å². The van der Waals surface area contributed by atoms with Crippen LogP contribution in [0.25, 0.3) is 0 Å². The van der Waals surface area contributed by atoms with Crippen LogP contribution in [0.1, 0.15) is 380 Å². The van der Waals surface area contributed by atoms with Gasteiger partial charge in [-0.1, -0.05) is 339 Å². The van der Waals surface area contributed by atoms with E-state index in [1.165, 1.54) is 308 Å². The van der Waals surface area contributed by atoms with Crippen LogP contribution in [0, 0.1) is 0 Å². The lowest BCUT2D eigenvalue weighted by atomic mass is 10.0. The lowest BCUT2D eigenvalue weighted by molar-refractivity contribution is -0.143. The molecule has 77 heavy (non-hydrogen) atoms. The number of rotatable bonds is 65. The minimum Gasteiger partial charge on any atom is -0.466 e. The SMILES string of the molecule is CCCCCCCCCCCCCC/C=C/C(O)C(CO)NC(=O)CCCCCCCCCCCCC/C=C\C/C=C\CCCCCCCCCCCOC(=O)CCCCCCCCCCCCCCCCCCCCC. The summed E-state index contributed by atoms with van der Waals surface area (Å²) in [5, 5.41) is 23.1. The number of allylic oxidation sites excluding steroid dienone is 5. The van der Waals surface area contributed by atoms with Gasteiger partial charge in [-0.3, -0.25) is 9.59 Å². The smallest absolute Gasteiger partial charge is 0.305 e. The number of ether oxygens (including phenoxy) is 1. The third kappa shape index (κ3) is 63.1. The molecule has 0 bridgehead atoms. The van der Waals surface area contributed by atoms with Gasteiger partial charge in [0.2, 0.25) is 5.91 Å². The van der Waals surface area contributed by atoms with Gasteiger partial charge in [0.25, 0.3) is 0 Å². The van der Waals surface area contributed by atoms with Crippen LogP contribution in [0.5, 0.6) is 0 Å². The Morgan fingerprint density at radius 3 is 0.987 bits per heavy atom. The molecule has 0 saturated carbocycles. The standard InChI is InChI=1S/C71H135NO5/c1-3-5-7-9-11-13-15-17-19-20-30-34-37-41-45-49-53-57-61-65-71(76)77-66-62-58-54-50-46-42-38-35-32-29-27-25-23-21-22-24-26-28-31-33-36-40-44-48-52-56-60-64-70(75)72-68(67-73)69(74)63-59-55-51-47-43-39-18-16-14-12-10-8-6-4-2/h21-22,25,27,59,63,68-69,73-74H,3-20,23-24,26,28-58,60-62,64-67H2,1-2H3,(H,72,75)/b22-21-,27-25-,63-59+. The summed E-state index contributed by atoms with van der Waals surface area (Å²) in [6.45, 7) is 4.93. The molecule has 0 aromatic carbocycles. The highest BCUT2D eigenvalue weighted by Crippen LogP contribution is 2.18. The fourth-order valence-electron chi connectivity index (χ4n) is 10.8. The van der Waals surface area contributed by atoms with Crippen molar-refractivity contribution >= 4 is 11.9 Å². The number of carbonyl (C=O) groups excluding carboxylic acids is 2. The predicted molar refractivity (Wildman–Crippen MR) is 338 cm³/mol. The lowest BCUT2D eigenvalue weighted by Crippen LogP contribution is -2.45. The largest absolute Gasteiger partial charge is 0.466 e. The summed E-state index contributed by atoms with van der Waals surface area (Å²) in [6.07, 6.45) is 85.0. The van der Waals surface area contributed by atoms with Gasteiger partial charge < -0.3 is 20.3 Å². The van der Waals surface area contributed by atoms with E-state index in [2.05, 4.69) is 43.5 Å². The molecule has 0 aromatic heterocycles. The third-order valence-corrected chi connectivity index (χ3v) is 16.2. The molecule has 0 rings (SSSR count). The molecular formula is C71H135NO5. The highest BCUT2D eigenvalue weighted by molar-refractivity contribution is 5.76. The molecular weight excluding hydrogens is 947 g/mol. The Morgan fingerprint density at radius 1 is 0.364 bits per heavy atom. The van der Waals surface area contributed by atoms with Gasteiger partial charge in [-0.15, -0.1) is 0 Å². The third-order valence-electron chi connectivity index (χ3n) is 16.2. The average Bonchev–Trinajstić information content (AvgIpc) is 3.43. The van der Waals surface area contributed by atoms with Crippen LogP contribution in [-0.2, 0) is 14.3 Å². The number of aliphatic hydroxyl groups excluding tert-OH is 2. The summed E-state index contributed by atoms with van der Waals surface area (Å²) < 4.78 is 5.51. The molecule has 1 amide bonds. The maximum absolute atomic E-state index is 12.5. The first-order valence-corrected chi connectivity index (χ1v) is 34.8. The molecule has 454 valence electrons. The molecule has 0 spiro atoms. The molecule has 0 saturated heterocycles. The minimum absolute atomic E-state index is 0.0154. The monoisotopic (exact) mass is 1080 g/mol.